The summed E-state index contributed by atoms with van der Waals surface area (Å²) in [6.45, 7) is 0. The number of amides is 2. The number of nitrogens with two attached hydrogens (primary N) is 3. The summed E-state index contributed by atoms with van der Waals surface area (Å²) < 4.78 is 0. The van der Waals surface area contributed by atoms with Gasteiger partial charge >= 0.3 is 5.97 Å². The third-order valence-corrected chi connectivity index (χ3v) is 8.28. The van der Waals surface area contributed by atoms with Crippen LogP contribution in [-0.2, 0) is 24.1 Å². The third kappa shape index (κ3) is 4.44. The van der Waals surface area contributed by atoms with E-state index in [4.69, 9.17) is 17.2 Å². The first-order valence-electron chi connectivity index (χ1n) is 9.92. The van der Waals surface area contributed by atoms with Gasteiger partial charge in [-0.2, -0.15) is 0 Å². The van der Waals surface area contributed by atoms with Crippen molar-refractivity contribution in [2.24, 2.45) is 5.16 Å². The number of aromatic nitrogens is 3. The van der Waals surface area contributed by atoms with Crippen LogP contribution in [0.1, 0.15) is 12.1 Å². The summed E-state index contributed by atoms with van der Waals surface area (Å²) in [6.07, 6.45) is 0.926. The molecule has 0 bridgehead atoms. The van der Waals surface area contributed by atoms with Gasteiger partial charge in [-0.25, -0.2) is 14.8 Å². The lowest BCUT2D eigenvalue weighted by Gasteiger charge is -2.51. The Morgan fingerprint density at radius 2 is 2.17 bits per heavy atom. The highest BCUT2D eigenvalue weighted by Crippen LogP contribution is 2.54. The number of β-lactam (4-membered cyclic amide) rings is 1. The Hall–Kier alpha value is -3.77. The molecule has 0 radical (unpaired) electrons. The number of thiazole rings is 1. The van der Waals surface area contributed by atoms with Gasteiger partial charge in [0.05, 0.1) is 17.5 Å². The topological polar surface area (TPSA) is 245 Å². The Morgan fingerprint density at radius 1 is 1.42 bits per heavy atom. The number of carboxylic acids is 1. The van der Waals surface area contributed by atoms with Crippen molar-refractivity contribution in [1.29, 1.82) is 0 Å². The maximum atomic E-state index is 12.8. The van der Waals surface area contributed by atoms with Crippen LogP contribution in [-0.4, -0.2) is 67.2 Å². The van der Waals surface area contributed by atoms with Gasteiger partial charge in [0, 0.05) is 16.7 Å². The monoisotopic (exact) mass is 553 g/mol. The molecule has 15 nitrogen and oxygen atoms in total. The number of thioether (sulfide) groups is 2. The molecule has 2 atom stereocenters. The zero-order valence-corrected chi connectivity index (χ0v) is 20.8. The molecule has 1 fully saturated rings. The van der Waals surface area contributed by atoms with Gasteiger partial charge in [0.25, 0.3) is 11.5 Å². The number of carbonyl (C=O) groups is 3. The largest absolute Gasteiger partial charge is 0.477 e. The average Bonchev–Trinajstić information content (AvgIpc) is 3.26. The Bertz CT molecular complexity index is 1370. The number of hydrogen-bond donors (Lipinski definition) is 6. The van der Waals surface area contributed by atoms with Gasteiger partial charge in [0.1, 0.15) is 24.7 Å². The molecule has 0 aromatic carbocycles. The molecule has 0 spiro atoms. The molecular formula is C18H19N9O6S3. The summed E-state index contributed by atoms with van der Waals surface area (Å²) in [5, 5.41) is 17.6. The number of anilines is 3. The molecule has 190 valence electrons. The summed E-state index contributed by atoms with van der Waals surface area (Å²) in [7, 11) is 1.25. The number of hydrogen-bond acceptors (Lipinski definition) is 14. The fourth-order valence-electron chi connectivity index (χ4n) is 3.57. The van der Waals surface area contributed by atoms with Crippen molar-refractivity contribution in [3.05, 3.63) is 32.7 Å². The normalized spacial score (nSPS) is 21.3. The first kappa shape index (κ1) is 25.3. The number of aliphatic carboxylic acids is 1. The molecule has 2 aromatic rings. The highest BCUT2D eigenvalue weighted by molar-refractivity contribution is 8.01. The summed E-state index contributed by atoms with van der Waals surface area (Å²) in [5.74, 6) is -2.86. The SMILES string of the molecule is CON=CC(=O)NC1(c2csc(N)n2)S[C@H]2CC(=O)N2C(C(=O)O)=C1CSc1nc(N)c(N)c(=O)[nH]1. The second-order valence-corrected chi connectivity index (χ2v) is 10.5. The van der Waals surface area contributed by atoms with E-state index in [1.807, 2.05) is 0 Å². The zero-order valence-electron chi connectivity index (χ0n) is 18.4. The third-order valence-electron chi connectivity index (χ3n) is 5.15. The van der Waals surface area contributed by atoms with Crippen LogP contribution in [0.15, 0.2) is 31.8 Å². The predicted molar refractivity (Wildman–Crippen MR) is 134 cm³/mol. The second-order valence-electron chi connectivity index (χ2n) is 7.29. The van der Waals surface area contributed by atoms with E-state index in [0.717, 1.165) is 46.0 Å². The van der Waals surface area contributed by atoms with Crippen LogP contribution in [0.3, 0.4) is 0 Å². The highest BCUT2D eigenvalue weighted by atomic mass is 32.2. The van der Waals surface area contributed by atoms with E-state index in [2.05, 4.69) is 30.3 Å². The number of nitrogens with one attached hydrogen (secondary N) is 2. The molecule has 1 saturated heterocycles. The second kappa shape index (κ2) is 9.70. The van der Waals surface area contributed by atoms with E-state index in [9.17, 15) is 24.3 Å². The van der Waals surface area contributed by atoms with E-state index >= 15 is 0 Å². The van der Waals surface area contributed by atoms with Crippen LogP contribution in [0.5, 0.6) is 0 Å². The molecule has 4 rings (SSSR count). The molecule has 1 unspecified atom stereocenters. The van der Waals surface area contributed by atoms with Gasteiger partial charge in [-0.3, -0.25) is 24.3 Å². The van der Waals surface area contributed by atoms with Crippen molar-refractivity contribution < 1.29 is 24.3 Å². The Balaban J connectivity index is 1.88. The van der Waals surface area contributed by atoms with E-state index in [0.29, 0.717) is 0 Å². The van der Waals surface area contributed by atoms with Crippen molar-refractivity contribution in [3.8, 4) is 0 Å². The number of fused-ring (bicyclic) bond motifs is 1. The first-order valence-corrected chi connectivity index (χ1v) is 12.7. The fraction of sp³-hybridized carbons (Fsp3) is 0.278. The number of rotatable bonds is 8. The molecule has 2 amide bonds. The van der Waals surface area contributed by atoms with Gasteiger partial charge in [0.15, 0.2) is 21.0 Å². The predicted octanol–water partition coefficient (Wildman–Crippen LogP) is -0.690. The lowest BCUT2D eigenvalue weighted by Crippen LogP contribution is -2.61. The van der Waals surface area contributed by atoms with Crippen LogP contribution in [0.25, 0.3) is 0 Å². The van der Waals surface area contributed by atoms with Gasteiger partial charge in [-0.15, -0.1) is 11.3 Å². The minimum absolute atomic E-state index is 0.0463. The van der Waals surface area contributed by atoms with Crippen molar-refractivity contribution in [2.75, 3.05) is 30.1 Å². The molecule has 36 heavy (non-hydrogen) atoms. The lowest BCUT2D eigenvalue weighted by atomic mass is 9.98. The van der Waals surface area contributed by atoms with E-state index in [-0.39, 0.29) is 50.9 Å². The molecule has 4 heterocycles. The number of H-pyrrole nitrogens is 1. The smallest absolute Gasteiger partial charge is 0.352 e. The van der Waals surface area contributed by atoms with Gasteiger partial charge < -0.3 is 32.5 Å². The number of carboxylic acid groups (broad SMARTS) is 1. The Kier molecular flexibility index (Phi) is 6.83. The number of oxime groups is 1. The van der Waals surface area contributed by atoms with Crippen molar-refractivity contribution in [2.45, 2.75) is 21.8 Å². The van der Waals surface area contributed by atoms with E-state index in [1.54, 1.807) is 5.38 Å². The number of aromatic amines is 1. The molecule has 2 aromatic heterocycles. The first-order chi connectivity index (χ1) is 17.1. The standard InChI is InChI=1S/C18H19N9O6S3/c1-33-22-3-8(28)26-18(7-5-34-16(21)23-7)6(4-35-17-24-13(20)11(19)14(30)25-17)12(15(31)32)27-9(29)2-10(27)36-18/h3,5,10H,2,4,19H2,1H3,(H2,21,23)(H,26,28)(H,31,32)(H3,20,24,25,30)/t10-,18?/m0/s1. The fourth-order valence-corrected chi connectivity index (χ4v) is 6.97. The quantitative estimate of drug-likeness (QED) is 0.0780. The van der Waals surface area contributed by atoms with Crippen LogP contribution in [0.2, 0.25) is 0 Å². The maximum Gasteiger partial charge on any atom is 0.352 e. The molecule has 9 N–H and O–H groups in total. The number of nitrogen functional groups attached to an aromatic ring is 3. The van der Waals surface area contributed by atoms with E-state index < -0.39 is 33.6 Å². The molecular weight excluding hydrogens is 534 g/mol. The Labute approximate surface area is 214 Å². The summed E-state index contributed by atoms with van der Waals surface area (Å²) in [6, 6.07) is 0. The van der Waals surface area contributed by atoms with Gasteiger partial charge in [-0.1, -0.05) is 28.7 Å². The summed E-state index contributed by atoms with van der Waals surface area (Å²) in [5.41, 5.74) is 16.2. The zero-order chi connectivity index (χ0) is 26.2. The van der Waals surface area contributed by atoms with Crippen LogP contribution >= 0.6 is 34.9 Å². The molecule has 0 aliphatic carbocycles. The van der Waals surface area contributed by atoms with Crippen molar-refractivity contribution in [3.63, 3.8) is 0 Å². The minimum atomic E-state index is -1.56. The lowest BCUT2D eigenvalue weighted by molar-refractivity contribution is -0.146. The maximum absolute atomic E-state index is 12.8. The van der Waals surface area contributed by atoms with Gasteiger partial charge in [0.2, 0.25) is 5.91 Å². The Morgan fingerprint density at radius 3 is 2.75 bits per heavy atom. The van der Waals surface area contributed by atoms with Crippen LogP contribution < -0.4 is 28.1 Å². The molecule has 18 heteroatoms. The van der Waals surface area contributed by atoms with Gasteiger partial charge in [-0.05, 0) is 0 Å². The average molecular weight is 554 g/mol. The summed E-state index contributed by atoms with van der Waals surface area (Å²) in [4.78, 5) is 64.7. The van der Waals surface area contributed by atoms with Crippen LogP contribution in [0.4, 0.5) is 16.6 Å². The minimum Gasteiger partial charge on any atom is -0.477 e. The summed E-state index contributed by atoms with van der Waals surface area (Å²) >= 11 is 3.13. The van der Waals surface area contributed by atoms with Crippen molar-refractivity contribution in [1.82, 2.24) is 25.2 Å². The molecule has 2 aliphatic rings. The number of carbonyl (C=O) groups excluding carboxylic acids is 2. The van der Waals surface area contributed by atoms with Crippen molar-refractivity contribution >= 4 is 75.5 Å². The molecule has 0 saturated carbocycles. The number of nitrogens with zero attached hydrogens (tertiary/aromatic N) is 4. The van der Waals surface area contributed by atoms with E-state index in [1.165, 1.54) is 7.11 Å². The highest BCUT2D eigenvalue weighted by Gasteiger charge is 2.56. The van der Waals surface area contributed by atoms with Crippen LogP contribution in [0, 0.1) is 0 Å². The molecule has 2 aliphatic heterocycles.